The summed E-state index contributed by atoms with van der Waals surface area (Å²) in [6, 6.07) is 7.74. The van der Waals surface area contributed by atoms with Gasteiger partial charge >= 0.3 is 0 Å². The molecule has 0 fully saturated rings. The second-order valence-corrected chi connectivity index (χ2v) is 7.91. The summed E-state index contributed by atoms with van der Waals surface area (Å²) in [5.41, 5.74) is 2.02. The van der Waals surface area contributed by atoms with Crippen LogP contribution in [0.1, 0.15) is 57.0 Å². The molecule has 0 aliphatic heterocycles. The molecule has 1 rings (SSSR count). The van der Waals surface area contributed by atoms with Gasteiger partial charge in [-0.1, -0.05) is 39.8 Å². The molecule has 0 saturated heterocycles. The third-order valence-corrected chi connectivity index (χ3v) is 4.09. The number of carbonyl (C=O) groups excluding carboxylic acids is 1. The van der Waals surface area contributed by atoms with Gasteiger partial charge in [0.1, 0.15) is 0 Å². The molecule has 1 aromatic carbocycles. The number of halogens is 1. The van der Waals surface area contributed by atoms with Crippen molar-refractivity contribution in [2.24, 2.45) is 16.3 Å². The van der Waals surface area contributed by atoms with Crippen LogP contribution in [0.5, 0.6) is 0 Å². The van der Waals surface area contributed by atoms with E-state index in [1.807, 2.05) is 24.3 Å². The van der Waals surface area contributed by atoms with Crippen LogP contribution in [0.25, 0.3) is 0 Å². The number of nitrogens with one attached hydrogen (secondary N) is 3. The second kappa shape index (κ2) is 13.0. The summed E-state index contributed by atoms with van der Waals surface area (Å²) in [6.45, 7) is 13.5. The van der Waals surface area contributed by atoms with Gasteiger partial charge in [0.25, 0.3) is 5.91 Å². The Morgan fingerprint density at radius 1 is 1.22 bits per heavy atom. The normalized spacial score (nSPS) is 11.7. The molecule has 0 aromatic heterocycles. The van der Waals surface area contributed by atoms with Crippen LogP contribution in [-0.2, 0) is 6.42 Å². The van der Waals surface area contributed by atoms with Crippen LogP contribution in [0.4, 0.5) is 0 Å². The Balaban J connectivity index is 0.00000676. The first kappa shape index (κ1) is 25.7. The molecule has 154 valence electrons. The average Bonchev–Trinajstić information content (AvgIpc) is 2.58. The summed E-state index contributed by atoms with van der Waals surface area (Å²) in [6.07, 6.45) is 1.99. The number of hydrogen-bond donors (Lipinski definition) is 3. The maximum Gasteiger partial charge on any atom is 0.251 e. The van der Waals surface area contributed by atoms with E-state index in [9.17, 15) is 4.79 Å². The van der Waals surface area contributed by atoms with Crippen LogP contribution in [0.2, 0.25) is 0 Å². The van der Waals surface area contributed by atoms with Gasteiger partial charge in [-0.05, 0) is 48.8 Å². The van der Waals surface area contributed by atoms with E-state index in [1.54, 1.807) is 7.05 Å². The summed E-state index contributed by atoms with van der Waals surface area (Å²) in [5, 5.41) is 9.36. The zero-order valence-electron chi connectivity index (χ0n) is 17.7. The van der Waals surface area contributed by atoms with Gasteiger partial charge in [-0.2, -0.15) is 0 Å². The standard InChI is InChI=1S/C21H36N4O.HI/c1-7-23-20(25-15-21(4,5)14-16(2)3)24-12-11-17-9-8-10-18(13-17)19(26)22-6;/h8-10,13,16H,7,11-12,14-15H2,1-6H3,(H,22,26)(H2,23,24,25);1H. The van der Waals surface area contributed by atoms with Crippen LogP contribution in [-0.4, -0.2) is 38.5 Å². The Hall–Kier alpha value is -1.31. The maximum absolute atomic E-state index is 11.7. The molecule has 0 atom stereocenters. The Morgan fingerprint density at radius 3 is 2.52 bits per heavy atom. The maximum atomic E-state index is 11.7. The number of guanidine groups is 1. The molecule has 0 bridgehead atoms. The van der Waals surface area contributed by atoms with Gasteiger partial charge in [-0.15, -0.1) is 24.0 Å². The minimum absolute atomic E-state index is 0. The number of hydrogen-bond acceptors (Lipinski definition) is 2. The van der Waals surface area contributed by atoms with E-state index in [0.29, 0.717) is 11.5 Å². The molecule has 0 saturated carbocycles. The van der Waals surface area contributed by atoms with Gasteiger partial charge in [-0.3, -0.25) is 9.79 Å². The molecule has 6 heteroatoms. The summed E-state index contributed by atoms with van der Waals surface area (Å²) in [5.74, 6) is 1.47. The first-order valence-electron chi connectivity index (χ1n) is 9.60. The van der Waals surface area contributed by atoms with Crippen molar-refractivity contribution >= 4 is 35.8 Å². The lowest BCUT2D eigenvalue weighted by Gasteiger charge is -2.25. The lowest BCUT2D eigenvalue weighted by atomic mass is 9.84. The predicted octanol–water partition coefficient (Wildman–Crippen LogP) is 3.83. The predicted molar refractivity (Wildman–Crippen MR) is 126 cm³/mol. The molecule has 0 aliphatic rings. The summed E-state index contributed by atoms with van der Waals surface area (Å²) < 4.78 is 0. The third kappa shape index (κ3) is 10.6. The second-order valence-electron chi connectivity index (χ2n) is 7.91. The zero-order valence-corrected chi connectivity index (χ0v) is 20.0. The molecule has 27 heavy (non-hydrogen) atoms. The van der Waals surface area contributed by atoms with Crippen LogP contribution in [0.15, 0.2) is 29.3 Å². The molecule has 5 nitrogen and oxygen atoms in total. The smallest absolute Gasteiger partial charge is 0.251 e. The van der Waals surface area contributed by atoms with E-state index in [-0.39, 0.29) is 35.3 Å². The molecule has 0 spiro atoms. The first-order chi connectivity index (χ1) is 12.3. The molecule has 3 N–H and O–H groups in total. The Labute approximate surface area is 182 Å². The van der Waals surface area contributed by atoms with Crippen LogP contribution in [0.3, 0.4) is 0 Å². The molecule has 0 aliphatic carbocycles. The Morgan fingerprint density at radius 2 is 1.93 bits per heavy atom. The van der Waals surface area contributed by atoms with E-state index < -0.39 is 0 Å². The first-order valence-corrected chi connectivity index (χ1v) is 9.60. The topological polar surface area (TPSA) is 65.5 Å². The molecular formula is C21H37IN4O. The van der Waals surface area contributed by atoms with Gasteiger partial charge in [0, 0.05) is 32.2 Å². The number of benzene rings is 1. The van der Waals surface area contributed by atoms with Crippen LogP contribution >= 0.6 is 24.0 Å². The van der Waals surface area contributed by atoms with Crippen molar-refractivity contribution in [2.75, 3.05) is 26.7 Å². The molecule has 1 aromatic rings. The lowest BCUT2D eigenvalue weighted by Crippen LogP contribution is -2.39. The van der Waals surface area contributed by atoms with Crippen molar-refractivity contribution in [1.82, 2.24) is 16.0 Å². The molecule has 1 amide bonds. The molecular weight excluding hydrogens is 451 g/mol. The van der Waals surface area contributed by atoms with Crippen molar-refractivity contribution < 1.29 is 4.79 Å². The van der Waals surface area contributed by atoms with E-state index in [1.165, 1.54) is 0 Å². The van der Waals surface area contributed by atoms with Crippen molar-refractivity contribution in [1.29, 1.82) is 0 Å². The minimum Gasteiger partial charge on any atom is -0.357 e. The molecule has 0 radical (unpaired) electrons. The highest BCUT2D eigenvalue weighted by atomic mass is 127. The Kier molecular flexibility index (Phi) is 12.3. The minimum atomic E-state index is -0.0536. The van der Waals surface area contributed by atoms with E-state index in [4.69, 9.17) is 4.99 Å². The fourth-order valence-corrected chi connectivity index (χ4v) is 3.14. The van der Waals surface area contributed by atoms with Gasteiger partial charge in [-0.25, -0.2) is 0 Å². The zero-order chi connectivity index (χ0) is 19.6. The average molecular weight is 488 g/mol. The van der Waals surface area contributed by atoms with Crippen molar-refractivity contribution in [3.63, 3.8) is 0 Å². The van der Waals surface area contributed by atoms with Crippen LogP contribution < -0.4 is 16.0 Å². The van der Waals surface area contributed by atoms with Gasteiger partial charge in [0.05, 0.1) is 0 Å². The number of carbonyl (C=O) groups is 1. The third-order valence-electron chi connectivity index (χ3n) is 4.09. The van der Waals surface area contributed by atoms with E-state index >= 15 is 0 Å². The highest BCUT2D eigenvalue weighted by molar-refractivity contribution is 14.0. The quantitative estimate of drug-likeness (QED) is 0.281. The summed E-state index contributed by atoms with van der Waals surface area (Å²) in [4.78, 5) is 16.5. The summed E-state index contributed by atoms with van der Waals surface area (Å²) >= 11 is 0. The lowest BCUT2D eigenvalue weighted by molar-refractivity contribution is 0.0963. The summed E-state index contributed by atoms with van der Waals surface area (Å²) in [7, 11) is 1.65. The highest BCUT2D eigenvalue weighted by Gasteiger charge is 2.19. The van der Waals surface area contributed by atoms with E-state index in [2.05, 4.69) is 50.6 Å². The van der Waals surface area contributed by atoms with Gasteiger partial charge in [0.2, 0.25) is 0 Å². The number of rotatable bonds is 9. The van der Waals surface area contributed by atoms with E-state index in [0.717, 1.165) is 44.0 Å². The fourth-order valence-electron chi connectivity index (χ4n) is 3.14. The fraction of sp³-hybridized carbons (Fsp3) is 0.619. The van der Waals surface area contributed by atoms with Crippen molar-refractivity contribution in [3.8, 4) is 0 Å². The number of amides is 1. The van der Waals surface area contributed by atoms with Crippen molar-refractivity contribution in [3.05, 3.63) is 35.4 Å². The van der Waals surface area contributed by atoms with Crippen molar-refractivity contribution in [2.45, 2.75) is 47.5 Å². The largest absolute Gasteiger partial charge is 0.357 e. The van der Waals surface area contributed by atoms with Crippen LogP contribution in [0, 0.1) is 11.3 Å². The highest BCUT2D eigenvalue weighted by Crippen LogP contribution is 2.25. The molecule has 0 unspecified atom stereocenters. The van der Waals surface area contributed by atoms with Gasteiger partial charge in [0.15, 0.2) is 5.96 Å². The Bertz CT molecular complexity index is 600. The number of aliphatic imine (C=N–C) groups is 1. The monoisotopic (exact) mass is 488 g/mol. The molecule has 0 heterocycles. The SMILES string of the molecule is CCNC(=NCC(C)(C)CC(C)C)NCCc1cccc(C(=O)NC)c1.I. The number of nitrogens with zero attached hydrogens (tertiary/aromatic N) is 1. The van der Waals surface area contributed by atoms with Gasteiger partial charge < -0.3 is 16.0 Å².